The Hall–Kier alpha value is -2.67. The lowest BCUT2D eigenvalue weighted by Crippen LogP contribution is -2.29. The van der Waals surface area contributed by atoms with E-state index < -0.39 is 0 Å². The molecule has 0 unspecified atom stereocenters. The zero-order valence-corrected chi connectivity index (χ0v) is 16.2. The highest BCUT2D eigenvalue weighted by Gasteiger charge is 2.24. The fourth-order valence-corrected chi connectivity index (χ4v) is 2.93. The largest absolute Gasteiger partial charge is 0.447 e. The van der Waals surface area contributed by atoms with Crippen LogP contribution in [-0.2, 0) is 4.74 Å². The molecule has 3 rings (SSSR count). The number of halogens is 1. The van der Waals surface area contributed by atoms with Crippen molar-refractivity contribution in [2.75, 3.05) is 18.1 Å². The lowest BCUT2D eigenvalue weighted by atomic mass is 10.1. The van der Waals surface area contributed by atoms with Gasteiger partial charge in [-0.1, -0.05) is 37.6 Å². The monoisotopic (exact) mass is 388 g/mol. The van der Waals surface area contributed by atoms with Gasteiger partial charge in [-0.15, -0.1) is 0 Å². The molecule has 0 bridgehead atoms. The van der Waals surface area contributed by atoms with Gasteiger partial charge in [0.25, 0.3) is 5.91 Å². The maximum Gasteiger partial charge on any atom is 0.414 e. The van der Waals surface area contributed by atoms with Crippen LogP contribution in [0.5, 0.6) is 0 Å². The van der Waals surface area contributed by atoms with Gasteiger partial charge in [0.15, 0.2) is 0 Å². The van der Waals surface area contributed by atoms with Crippen molar-refractivity contribution >= 4 is 29.3 Å². The first-order valence-corrected chi connectivity index (χ1v) is 9.12. The summed E-state index contributed by atoms with van der Waals surface area (Å²) in [6, 6.07) is 7.12. The minimum atomic E-state index is -0.372. The highest BCUT2D eigenvalue weighted by atomic mass is 35.5. The van der Waals surface area contributed by atoms with Crippen LogP contribution in [-0.4, -0.2) is 35.1 Å². The number of ether oxygens (including phenoxy) is 1. The molecule has 1 aliphatic heterocycles. The first kappa shape index (κ1) is 19.1. The fraction of sp³-hybridized carbons (Fsp3) is 0.368. The van der Waals surface area contributed by atoms with Crippen molar-refractivity contribution in [3.63, 3.8) is 0 Å². The number of hydrogen-bond donors (Lipinski definition) is 1. The maximum absolute atomic E-state index is 12.6. The third kappa shape index (κ3) is 4.19. The van der Waals surface area contributed by atoms with Gasteiger partial charge in [-0.05, 0) is 24.6 Å². The average molecular weight is 389 g/mol. The van der Waals surface area contributed by atoms with Crippen LogP contribution in [0, 0.1) is 0 Å². The number of aromatic nitrogens is 2. The quantitative estimate of drug-likeness (QED) is 0.844. The molecule has 2 amide bonds. The van der Waals surface area contributed by atoms with Crippen LogP contribution < -0.4 is 10.2 Å². The van der Waals surface area contributed by atoms with E-state index in [0.717, 1.165) is 11.3 Å². The SMILES string of the molecule is CC(C)c1ncc(Cl)c(C(=O)N[C@@H](C)c2cccc(N3CCOC3=O)c2)n1. The Morgan fingerprint density at radius 1 is 1.33 bits per heavy atom. The van der Waals surface area contributed by atoms with Gasteiger partial charge in [0.1, 0.15) is 18.1 Å². The van der Waals surface area contributed by atoms with Gasteiger partial charge in [0.05, 0.1) is 23.8 Å². The molecule has 8 heteroatoms. The number of nitrogens with one attached hydrogen (secondary N) is 1. The Balaban J connectivity index is 1.77. The van der Waals surface area contributed by atoms with E-state index in [1.165, 1.54) is 6.20 Å². The smallest absolute Gasteiger partial charge is 0.414 e. The minimum absolute atomic E-state index is 0.0862. The Morgan fingerprint density at radius 3 is 2.78 bits per heavy atom. The van der Waals surface area contributed by atoms with Crippen molar-refractivity contribution in [1.82, 2.24) is 15.3 Å². The molecule has 1 N–H and O–H groups in total. The van der Waals surface area contributed by atoms with Crippen molar-refractivity contribution in [3.8, 4) is 0 Å². The molecule has 7 nitrogen and oxygen atoms in total. The highest BCUT2D eigenvalue weighted by Crippen LogP contribution is 2.24. The van der Waals surface area contributed by atoms with Crippen LogP contribution in [0.25, 0.3) is 0 Å². The number of rotatable bonds is 5. The van der Waals surface area contributed by atoms with Gasteiger partial charge in [-0.3, -0.25) is 9.69 Å². The van der Waals surface area contributed by atoms with Crippen molar-refractivity contribution in [2.24, 2.45) is 0 Å². The van der Waals surface area contributed by atoms with Crippen LogP contribution in [0.4, 0.5) is 10.5 Å². The summed E-state index contributed by atoms with van der Waals surface area (Å²) in [4.78, 5) is 34.4. The molecule has 2 aromatic rings. The highest BCUT2D eigenvalue weighted by molar-refractivity contribution is 6.33. The van der Waals surface area contributed by atoms with Crippen LogP contribution >= 0.6 is 11.6 Å². The van der Waals surface area contributed by atoms with Crippen LogP contribution in [0.15, 0.2) is 30.5 Å². The van der Waals surface area contributed by atoms with Gasteiger partial charge < -0.3 is 10.1 Å². The molecular formula is C19H21ClN4O3. The Morgan fingerprint density at radius 2 is 2.11 bits per heavy atom. The summed E-state index contributed by atoms with van der Waals surface area (Å²) in [5, 5.41) is 3.11. The number of carbonyl (C=O) groups is 2. The van der Waals surface area contributed by atoms with Gasteiger partial charge in [-0.2, -0.15) is 0 Å². The first-order valence-electron chi connectivity index (χ1n) is 8.74. The number of carbonyl (C=O) groups excluding carboxylic acids is 2. The number of benzene rings is 1. The van der Waals surface area contributed by atoms with Crippen molar-refractivity contribution in [2.45, 2.75) is 32.7 Å². The molecule has 1 aliphatic rings. The predicted molar refractivity (Wildman–Crippen MR) is 102 cm³/mol. The molecule has 0 saturated carbocycles. The second-order valence-corrected chi connectivity index (χ2v) is 7.04. The summed E-state index contributed by atoms with van der Waals surface area (Å²) in [7, 11) is 0. The molecule has 1 saturated heterocycles. The standard InChI is InChI=1S/C19H21ClN4O3/c1-11(2)17-21-10-15(20)16(23-17)18(25)22-12(3)13-5-4-6-14(9-13)24-7-8-27-19(24)26/h4-6,9-12H,7-8H2,1-3H3,(H,22,25)/t12-/m0/s1. The molecule has 1 aromatic carbocycles. The van der Waals surface area contributed by atoms with Crippen molar-refractivity contribution in [3.05, 3.63) is 52.6 Å². The van der Waals surface area contributed by atoms with Gasteiger partial charge in [0, 0.05) is 11.6 Å². The number of amides is 2. The molecule has 1 aromatic heterocycles. The zero-order valence-electron chi connectivity index (χ0n) is 15.4. The third-order valence-corrected chi connectivity index (χ3v) is 4.56. The first-order chi connectivity index (χ1) is 12.9. The van der Waals surface area contributed by atoms with Gasteiger partial charge >= 0.3 is 6.09 Å². The minimum Gasteiger partial charge on any atom is -0.447 e. The number of cyclic esters (lactones) is 1. The Bertz CT molecular complexity index is 872. The van der Waals surface area contributed by atoms with E-state index in [2.05, 4.69) is 15.3 Å². The summed E-state index contributed by atoms with van der Waals surface area (Å²) in [5.74, 6) is 0.276. The summed E-state index contributed by atoms with van der Waals surface area (Å²) < 4.78 is 4.97. The van der Waals surface area contributed by atoms with E-state index in [1.807, 2.05) is 45.0 Å². The van der Waals surface area contributed by atoms with Crippen molar-refractivity contribution in [1.29, 1.82) is 0 Å². The van der Waals surface area contributed by atoms with E-state index in [4.69, 9.17) is 16.3 Å². The Labute approximate surface area is 162 Å². The lowest BCUT2D eigenvalue weighted by Gasteiger charge is -2.18. The van der Waals surface area contributed by atoms with E-state index in [0.29, 0.717) is 19.0 Å². The number of hydrogen-bond acceptors (Lipinski definition) is 5. The molecule has 27 heavy (non-hydrogen) atoms. The zero-order chi connectivity index (χ0) is 19.6. The molecule has 0 aliphatic carbocycles. The van der Waals surface area contributed by atoms with Gasteiger partial charge in [-0.25, -0.2) is 14.8 Å². The summed E-state index contributed by atoms with van der Waals surface area (Å²) in [5.41, 5.74) is 1.74. The van der Waals surface area contributed by atoms with Crippen molar-refractivity contribution < 1.29 is 14.3 Å². The topological polar surface area (TPSA) is 84.4 Å². The van der Waals surface area contributed by atoms with E-state index in [1.54, 1.807) is 4.90 Å². The van der Waals surface area contributed by atoms with Crippen LogP contribution in [0.1, 0.15) is 54.6 Å². The van der Waals surface area contributed by atoms with E-state index >= 15 is 0 Å². The molecular weight excluding hydrogens is 368 g/mol. The van der Waals surface area contributed by atoms with E-state index in [9.17, 15) is 9.59 Å². The predicted octanol–water partition coefficient (Wildman–Crippen LogP) is 3.70. The third-order valence-electron chi connectivity index (χ3n) is 4.28. The number of anilines is 1. The lowest BCUT2D eigenvalue weighted by molar-refractivity contribution is 0.0934. The van der Waals surface area contributed by atoms with Crippen LogP contribution in [0.3, 0.4) is 0 Å². The second-order valence-electron chi connectivity index (χ2n) is 6.64. The molecule has 0 radical (unpaired) electrons. The molecule has 0 spiro atoms. The van der Waals surface area contributed by atoms with Crippen LogP contribution in [0.2, 0.25) is 5.02 Å². The summed E-state index contributed by atoms with van der Waals surface area (Å²) >= 11 is 6.11. The van der Waals surface area contributed by atoms with Gasteiger partial charge in [0.2, 0.25) is 0 Å². The Kier molecular flexibility index (Phi) is 5.60. The summed E-state index contributed by atoms with van der Waals surface area (Å²) in [6.07, 6.45) is 1.08. The fourth-order valence-electron chi connectivity index (χ4n) is 2.76. The summed E-state index contributed by atoms with van der Waals surface area (Å²) in [6.45, 7) is 6.64. The normalized spacial score (nSPS) is 15.0. The molecule has 2 heterocycles. The second kappa shape index (κ2) is 7.92. The number of nitrogens with zero attached hydrogens (tertiary/aromatic N) is 3. The molecule has 1 atom stereocenters. The molecule has 142 valence electrons. The molecule has 1 fully saturated rings. The maximum atomic E-state index is 12.6. The average Bonchev–Trinajstić information content (AvgIpc) is 3.07. The van der Waals surface area contributed by atoms with E-state index in [-0.39, 0.29) is 34.7 Å².